The average Bonchev–Trinajstić information content (AvgIpc) is 3.41. The molecular formula is C21H17N5O6S. The van der Waals surface area contributed by atoms with Crippen molar-refractivity contribution in [3.8, 4) is 22.8 Å². The smallest absolute Gasteiger partial charge is 0.282 e. The zero-order valence-electron chi connectivity index (χ0n) is 17.3. The quantitative estimate of drug-likeness (QED) is 0.222. The Morgan fingerprint density at radius 3 is 2.67 bits per heavy atom. The highest BCUT2D eigenvalue weighted by Gasteiger charge is 2.22. The summed E-state index contributed by atoms with van der Waals surface area (Å²) in [5.74, 6) is 0.667. The summed E-state index contributed by atoms with van der Waals surface area (Å²) < 4.78 is 12.0. The molecule has 0 radical (unpaired) electrons. The second-order valence-electron chi connectivity index (χ2n) is 7.06. The maximum absolute atomic E-state index is 11.6. The molecule has 0 saturated carbocycles. The minimum Gasteiger partial charge on any atom is -0.454 e. The summed E-state index contributed by atoms with van der Waals surface area (Å²) in [5.41, 5.74) is 1.87. The van der Waals surface area contributed by atoms with Gasteiger partial charge in [0, 0.05) is 23.1 Å². The molecule has 12 heteroatoms. The van der Waals surface area contributed by atoms with Crippen LogP contribution in [0.5, 0.6) is 11.5 Å². The first-order chi connectivity index (χ1) is 15.8. The lowest BCUT2D eigenvalue weighted by Crippen LogP contribution is -2.13. The normalized spacial score (nSPS) is 12.9. The van der Waals surface area contributed by atoms with Crippen LogP contribution >= 0.6 is 11.3 Å². The van der Waals surface area contributed by atoms with Gasteiger partial charge in [0.25, 0.3) is 11.4 Å². The van der Waals surface area contributed by atoms with Crippen molar-refractivity contribution in [1.82, 2.24) is 4.68 Å². The van der Waals surface area contributed by atoms with Crippen LogP contribution in [-0.4, -0.2) is 34.1 Å². The number of non-ortho nitro benzene ring substituents is 1. The number of fused-ring (bicyclic) bond motifs is 1. The van der Waals surface area contributed by atoms with E-state index in [0.717, 1.165) is 5.57 Å². The zero-order valence-corrected chi connectivity index (χ0v) is 18.2. The van der Waals surface area contributed by atoms with Crippen LogP contribution in [0, 0.1) is 20.2 Å². The molecule has 1 aliphatic rings. The van der Waals surface area contributed by atoms with Crippen molar-refractivity contribution in [3.63, 3.8) is 0 Å². The molecule has 3 aromatic rings. The van der Waals surface area contributed by atoms with Gasteiger partial charge in [-0.25, -0.2) is 4.68 Å². The molecule has 0 bridgehead atoms. The summed E-state index contributed by atoms with van der Waals surface area (Å²) in [6.45, 7) is 6.01. The van der Waals surface area contributed by atoms with Crippen LogP contribution < -0.4 is 14.3 Å². The van der Waals surface area contributed by atoms with Crippen molar-refractivity contribution in [2.45, 2.75) is 6.92 Å². The third-order valence-electron chi connectivity index (χ3n) is 4.55. The van der Waals surface area contributed by atoms with Gasteiger partial charge in [-0.05, 0) is 13.0 Å². The number of thiazole rings is 1. The predicted octanol–water partition coefficient (Wildman–Crippen LogP) is 4.12. The van der Waals surface area contributed by atoms with Crippen LogP contribution in [0.1, 0.15) is 12.5 Å². The molecule has 33 heavy (non-hydrogen) atoms. The fraction of sp³-hybridized carbons (Fsp3) is 0.143. The Morgan fingerprint density at radius 1 is 1.21 bits per heavy atom. The van der Waals surface area contributed by atoms with Crippen LogP contribution in [0.4, 0.5) is 11.4 Å². The van der Waals surface area contributed by atoms with Gasteiger partial charge in [-0.2, -0.15) is 5.10 Å². The third-order valence-corrected chi connectivity index (χ3v) is 5.41. The van der Waals surface area contributed by atoms with E-state index in [0.29, 0.717) is 28.4 Å². The molecular weight excluding hydrogens is 450 g/mol. The molecule has 0 aliphatic carbocycles. The molecule has 168 valence electrons. The Labute approximate surface area is 190 Å². The number of rotatable bonds is 7. The van der Waals surface area contributed by atoms with Crippen molar-refractivity contribution < 1.29 is 19.3 Å². The number of hydrogen-bond acceptors (Lipinski definition) is 9. The van der Waals surface area contributed by atoms with Crippen molar-refractivity contribution in [2.24, 2.45) is 10.1 Å². The number of aromatic nitrogens is 1. The highest BCUT2D eigenvalue weighted by molar-refractivity contribution is 7.07. The fourth-order valence-electron chi connectivity index (χ4n) is 3.03. The van der Waals surface area contributed by atoms with Gasteiger partial charge in [0.05, 0.1) is 39.9 Å². The second-order valence-corrected chi connectivity index (χ2v) is 7.90. The third kappa shape index (κ3) is 4.65. The summed E-state index contributed by atoms with van der Waals surface area (Å²) in [7, 11) is 0. The van der Waals surface area contributed by atoms with E-state index in [4.69, 9.17) is 9.47 Å². The lowest BCUT2D eigenvalue weighted by molar-refractivity contribution is -0.385. The summed E-state index contributed by atoms with van der Waals surface area (Å²) in [4.78, 5) is 26.8. The highest BCUT2D eigenvalue weighted by Crippen LogP contribution is 2.37. The molecule has 0 spiro atoms. The Balaban J connectivity index is 1.84. The average molecular weight is 467 g/mol. The number of hydrogen-bond donors (Lipinski definition) is 0. The molecule has 11 nitrogen and oxygen atoms in total. The first-order valence-corrected chi connectivity index (χ1v) is 10.4. The molecule has 0 saturated heterocycles. The molecule has 0 amide bonds. The van der Waals surface area contributed by atoms with Gasteiger partial charge in [-0.1, -0.05) is 24.3 Å². The van der Waals surface area contributed by atoms with E-state index in [-0.39, 0.29) is 29.5 Å². The Morgan fingerprint density at radius 2 is 1.97 bits per heavy atom. The van der Waals surface area contributed by atoms with E-state index in [9.17, 15) is 20.2 Å². The monoisotopic (exact) mass is 467 g/mol. The van der Waals surface area contributed by atoms with Gasteiger partial charge in [-0.15, -0.1) is 11.3 Å². The van der Waals surface area contributed by atoms with Gasteiger partial charge in [0.15, 0.2) is 11.5 Å². The molecule has 0 unspecified atom stereocenters. The van der Waals surface area contributed by atoms with Gasteiger partial charge in [0.2, 0.25) is 11.6 Å². The number of benzene rings is 2. The van der Waals surface area contributed by atoms with E-state index < -0.39 is 9.85 Å². The van der Waals surface area contributed by atoms with E-state index >= 15 is 0 Å². The number of nitro groups is 2. The molecule has 1 aromatic heterocycles. The van der Waals surface area contributed by atoms with Crippen LogP contribution in [-0.2, 0) is 0 Å². The Kier molecular flexibility index (Phi) is 6.00. The second kappa shape index (κ2) is 9.04. The molecule has 2 heterocycles. The number of ether oxygens (including phenoxy) is 2. The molecule has 4 rings (SSSR count). The Bertz CT molecular complexity index is 1370. The minimum atomic E-state index is -0.532. The fourth-order valence-corrected chi connectivity index (χ4v) is 3.86. The van der Waals surface area contributed by atoms with Crippen molar-refractivity contribution >= 4 is 28.9 Å². The van der Waals surface area contributed by atoms with Gasteiger partial charge in [0.1, 0.15) is 0 Å². The van der Waals surface area contributed by atoms with E-state index in [1.165, 1.54) is 46.5 Å². The maximum Gasteiger partial charge on any atom is 0.282 e. The first kappa shape index (κ1) is 21.9. The van der Waals surface area contributed by atoms with Crippen LogP contribution in [0.15, 0.2) is 64.0 Å². The number of nitrogens with zero attached hydrogens (tertiary/aromatic N) is 5. The van der Waals surface area contributed by atoms with Crippen molar-refractivity contribution in [3.05, 3.63) is 84.5 Å². The maximum atomic E-state index is 11.6. The van der Waals surface area contributed by atoms with Gasteiger partial charge >= 0.3 is 0 Å². The van der Waals surface area contributed by atoms with Crippen LogP contribution in [0.3, 0.4) is 0 Å². The summed E-state index contributed by atoms with van der Waals surface area (Å²) in [5, 5.41) is 29.0. The largest absolute Gasteiger partial charge is 0.454 e. The molecule has 1 aliphatic heterocycles. The van der Waals surface area contributed by atoms with Crippen molar-refractivity contribution in [1.29, 1.82) is 0 Å². The van der Waals surface area contributed by atoms with E-state index in [1.807, 2.05) is 6.92 Å². The lowest BCUT2D eigenvalue weighted by atomic mass is 10.1. The summed E-state index contributed by atoms with van der Waals surface area (Å²) >= 11 is 1.29. The molecule has 0 atom stereocenters. The molecule has 0 fully saturated rings. The van der Waals surface area contributed by atoms with Crippen molar-refractivity contribution in [2.75, 3.05) is 13.3 Å². The molecule has 0 N–H and O–H groups in total. The predicted molar refractivity (Wildman–Crippen MR) is 122 cm³/mol. The van der Waals surface area contributed by atoms with E-state index in [2.05, 4.69) is 16.7 Å². The SMILES string of the molecule is C=C(C)CN=c1scc(-c2cccc([N+](=O)[O-])c2)n1N=Cc1cc2c(cc1[N+](=O)[O-])OCO2. The summed E-state index contributed by atoms with van der Waals surface area (Å²) in [6, 6.07) is 8.88. The highest BCUT2D eigenvalue weighted by atomic mass is 32.1. The lowest BCUT2D eigenvalue weighted by Gasteiger charge is -2.05. The number of nitro benzene ring substituents is 2. The van der Waals surface area contributed by atoms with Gasteiger partial charge in [-0.3, -0.25) is 25.2 Å². The van der Waals surface area contributed by atoms with Crippen LogP contribution in [0.25, 0.3) is 11.3 Å². The standard InChI is InChI=1S/C21H17N5O6S/c1-13(2)9-22-21-24(18(11-33-21)14-4-3-5-16(6-14)25(27)28)23-10-15-7-19-20(32-12-31-19)8-17(15)26(29)30/h3-8,10-11H,1,9,12H2,2H3. The van der Waals surface area contributed by atoms with Gasteiger partial charge < -0.3 is 9.47 Å². The first-order valence-electron chi connectivity index (χ1n) is 9.56. The molecule has 2 aromatic carbocycles. The Hall–Kier alpha value is -4.32. The minimum absolute atomic E-state index is 0.0206. The van der Waals surface area contributed by atoms with Crippen LogP contribution in [0.2, 0.25) is 0 Å². The zero-order chi connectivity index (χ0) is 23.5. The summed E-state index contributed by atoms with van der Waals surface area (Å²) in [6.07, 6.45) is 1.33. The van der Waals surface area contributed by atoms with E-state index in [1.54, 1.807) is 17.5 Å². The topological polar surface area (TPSA) is 134 Å².